The van der Waals surface area contributed by atoms with Gasteiger partial charge in [-0.1, -0.05) is 6.07 Å². The Kier molecular flexibility index (Phi) is 5.61. The van der Waals surface area contributed by atoms with Crippen LogP contribution in [-0.4, -0.2) is 46.7 Å². The molecule has 4 aromatic rings. The highest BCUT2D eigenvalue weighted by Crippen LogP contribution is 2.41. The quantitative estimate of drug-likeness (QED) is 0.286. The van der Waals surface area contributed by atoms with Crippen LogP contribution < -0.4 is 9.64 Å². The van der Waals surface area contributed by atoms with E-state index in [1.165, 1.54) is 17.9 Å². The number of cyclic esters (lactones) is 2. The number of halogens is 1. The number of ether oxygens (including phenoxy) is 3. The molecule has 0 radical (unpaired) electrons. The first kappa shape index (κ1) is 23.7. The van der Waals surface area contributed by atoms with Crippen molar-refractivity contribution in [3.05, 3.63) is 59.2 Å². The van der Waals surface area contributed by atoms with E-state index in [1.54, 1.807) is 29.5 Å². The van der Waals surface area contributed by atoms with Gasteiger partial charge in [0.05, 0.1) is 5.52 Å². The van der Waals surface area contributed by atoms with Gasteiger partial charge in [-0.15, -0.1) is 11.3 Å². The molecule has 0 saturated carbocycles. The fourth-order valence-corrected chi connectivity index (χ4v) is 6.39. The molecule has 0 spiro atoms. The van der Waals surface area contributed by atoms with E-state index in [1.807, 2.05) is 18.2 Å². The molecule has 0 unspecified atom stereocenters. The number of H-pyrrole nitrogens is 1. The van der Waals surface area contributed by atoms with Gasteiger partial charge in [-0.25, -0.2) is 14.0 Å². The second-order valence-electron chi connectivity index (χ2n) is 9.63. The zero-order chi connectivity index (χ0) is 25.9. The average Bonchev–Trinajstić information content (AvgIpc) is 3.55. The maximum Gasteiger partial charge on any atom is 0.449 e. The summed E-state index contributed by atoms with van der Waals surface area (Å²) in [5.41, 5.74) is 0.782. The minimum atomic E-state index is -2.24. The highest BCUT2D eigenvalue weighted by Gasteiger charge is 2.56. The van der Waals surface area contributed by atoms with Crippen LogP contribution in [0.1, 0.15) is 37.5 Å². The van der Waals surface area contributed by atoms with Gasteiger partial charge in [-0.3, -0.25) is 0 Å². The van der Waals surface area contributed by atoms with Gasteiger partial charge in [0.15, 0.2) is 6.10 Å². The van der Waals surface area contributed by atoms with Crippen LogP contribution in [0.5, 0.6) is 5.75 Å². The van der Waals surface area contributed by atoms with Gasteiger partial charge >= 0.3 is 17.9 Å². The molecule has 2 aliphatic heterocycles. The number of carbonyl (C=O) groups is 2. The van der Waals surface area contributed by atoms with E-state index in [4.69, 9.17) is 14.2 Å². The van der Waals surface area contributed by atoms with Crippen LogP contribution in [0.3, 0.4) is 0 Å². The minimum absolute atomic E-state index is 0.217. The Balaban J connectivity index is 1.24. The van der Waals surface area contributed by atoms with E-state index in [0.29, 0.717) is 17.1 Å². The maximum absolute atomic E-state index is 13.6. The summed E-state index contributed by atoms with van der Waals surface area (Å²) in [7, 11) is 0. The third-order valence-corrected chi connectivity index (χ3v) is 8.37. The van der Waals surface area contributed by atoms with Gasteiger partial charge in [0.2, 0.25) is 0 Å². The molecule has 2 aromatic carbocycles. The van der Waals surface area contributed by atoms with Gasteiger partial charge in [-0.05, 0) is 80.5 Å². The van der Waals surface area contributed by atoms with E-state index >= 15 is 0 Å². The third kappa shape index (κ3) is 4.10. The number of hydrogen-bond acceptors (Lipinski definition) is 8. The normalized spacial score (nSPS) is 22.3. The Hall–Kier alpha value is -3.63. The van der Waals surface area contributed by atoms with Crippen molar-refractivity contribution in [1.82, 2.24) is 4.98 Å². The highest BCUT2D eigenvalue weighted by molar-refractivity contribution is 7.19. The van der Waals surface area contributed by atoms with Crippen LogP contribution in [0.4, 0.5) is 10.2 Å². The minimum Gasteiger partial charge on any atom is -0.418 e. The van der Waals surface area contributed by atoms with Crippen molar-refractivity contribution in [2.45, 2.75) is 50.7 Å². The molecular formula is C27H25FN2O6S. The third-order valence-electron chi connectivity index (χ3n) is 7.10. The van der Waals surface area contributed by atoms with Crippen molar-refractivity contribution in [3.63, 3.8) is 0 Å². The van der Waals surface area contributed by atoms with Crippen LogP contribution in [-0.2, 0) is 19.1 Å². The first-order chi connectivity index (χ1) is 17.7. The molecule has 0 amide bonds. The number of piperidine rings is 1. The number of thiophene rings is 1. The second kappa shape index (κ2) is 8.74. The molecule has 8 nitrogen and oxygen atoms in total. The average molecular weight is 525 g/mol. The first-order valence-electron chi connectivity index (χ1n) is 12.1. The number of aliphatic hydroxyl groups is 1. The lowest BCUT2D eigenvalue weighted by atomic mass is 9.90. The number of aliphatic hydroxyl groups excluding tert-OH is 1. The number of nitrogens with one attached hydrogen (secondary N) is 1. The van der Waals surface area contributed by atoms with Crippen LogP contribution in [0.15, 0.2) is 48.5 Å². The van der Waals surface area contributed by atoms with E-state index in [9.17, 15) is 19.1 Å². The summed E-state index contributed by atoms with van der Waals surface area (Å²) in [5.74, 6) is -3.30. The standard InChI is InChI=1S/C27H25FN2O6S/c1-14-10-16(23-12-17-11-18(28)6-7-22(17)37-23)8-9-30(14)24-13-19-20(29-24)4-3-5-21(19)34-27(15(2)31)35-25(32)26(33)36-27/h3-7,11-16,29,31H,8-10H2,1-2H3/t14-,15+,16+/m1/s1. The molecule has 0 aliphatic carbocycles. The summed E-state index contributed by atoms with van der Waals surface area (Å²) in [6.45, 7) is 4.32. The van der Waals surface area contributed by atoms with Crippen LogP contribution in [0, 0.1) is 5.82 Å². The van der Waals surface area contributed by atoms with Gasteiger partial charge in [0.25, 0.3) is 0 Å². The van der Waals surface area contributed by atoms with E-state index in [2.05, 4.69) is 22.9 Å². The topological polar surface area (TPSA) is 101 Å². The number of carbonyl (C=O) groups excluding carboxylic acids is 2. The van der Waals surface area contributed by atoms with Crippen LogP contribution in [0.2, 0.25) is 0 Å². The number of esters is 2. The number of fused-ring (bicyclic) bond motifs is 2. The lowest BCUT2D eigenvalue weighted by Gasteiger charge is -2.38. The predicted molar refractivity (Wildman–Crippen MR) is 136 cm³/mol. The molecule has 2 aliphatic rings. The fourth-order valence-electron chi connectivity index (χ4n) is 5.19. The number of benzene rings is 2. The zero-order valence-electron chi connectivity index (χ0n) is 20.2. The first-order valence-corrected chi connectivity index (χ1v) is 12.9. The molecule has 2 aromatic heterocycles. The molecule has 4 heterocycles. The Morgan fingerprint density at radius 3 is 2.70 bits per heavy atom. The zero-order valence-corrected chi connectivity index (χ0v) is 21.0. The fraction of sp³-hybridized carbons (Fsp3) is 0.333. The van der Waals surface area contributed by atoms with Crippen molar-refractivity contribution < 1.29 is 33.3 Å². The number of aromatic nitrogens is 1. The molecule has 37 heavy (non-hydrogen) atoms. The Morgan fingerprint density at radius 2 is 1.97 bits per heavy atom. The Labute approximate surface area is 215 Å². The number of hydrogen-bond donors (Lipinski definition) is 2. The summed E-state index contributed by atoms with van der Waals surface area (Å²) in [6.07, 6.45) is 0.488. The van der Waals surface area contributed by atoms with E-state index in [0.717, 1.165) is 40.8 Å². The number of anilines is 1. The summed E-state index contributed by atoms with van der Waals surface area (Å²) in [5, 5.41) is 11.8. The molecular weight excluding hydrogens is 499 g/mol. The number of rotatable bonds is 5. The maximum atomic E-state index is 13.6. The molecule has 10 heteroatoms. The lowest BCUT2D eigenvalue weighted by Crippen LogP contribution is -2.47. The van der Waals surface area contributed by atoms with Gasteiger partial charge < -0.3 is 29.2 Å². The Bertz CT molecular complexity index is 1510. The summed E-state index contributed by atoms with van der Waals surface area (Å²) in [6, 6.07) is 14.5. The highest BCUT2D eigenvalue weighted by atomic mass is 32.1. The van der Waals surface area contributed by atoms with Crippen molar-refractivity contribution in [2.24, 2.45) is 0 Å². The SMILES string of the molecule is C[C@@H]1C[C@@H](c2cc3cc(F)ccc3s2)CCN1c1cc2c(OC3([C@H](C)O)OC(=O)C(=O)O3)cccc2[nH]1. The van der Waals surface area contributed by atoms with Crippen molar-refractivity contribution in [3.8, 4) is 5.75 Å². The van der Waals surface area contributed by atoms with Crippen LogP contribution in [0.25, 0.3) is 21.0 Å². The second-order valence-corrected chi connectivity index (χ2v) is 10.7. The molecule has 6 rings (SSSR count). The summed E-state index contributed by atoms with van der Waals surface area (Å²) < 4.78 is 30.5. The lowest BCUT2D eigenvalue weighted by molar-refractivity contribution is -0.313. The largest absolute Gasteiger partial charge is 0.449 e. The smallest absolute Gasteiger partial charge is 0.418 e. The number of aromatic amines is 1. The van der Waals surface area contributed by atoms with E-state index < -0.39 is 24.0 Å². The molecule has 2 fully saturated rings. The van der Waals surface area contributed by atoms with Gasteiger partial charge in [0.1, 0.15) is 17.4 Å². The molecule has 3 atom stereocenters. The van der Waals surface area contributed by atoms with E-state index in [-0.39, 0.29) is 11.9 Å². The van der Waals surface area contributed by atoms with Crippen molar-refractivity contribution in [2.75, 3.05) is 11.4 Å². The summed E-state index contributed by atoms with van der Waals surface area (Å²) >= 11 is 1.73. The molecule has 2 saturated heterocycles. The molecule has 0 bridgehead atoms. The monoisotopic (exact) mass is 524 g/mol. The predicted octanol–water partition coefficient (Wildman–Crippen LogP) is 4.81. The summed E-state index contributed by atoms with van der Waals surface area (Å²) in [4.78, 5) is 30.4. The number of nitrogens with zero attached hydrogens (tertiary/aromatic N) is 1. The van der Waals surface area contributed by atoms with Crippen molar-refractivity contribution in [1.29, 1.82) is 0 Å². The molecule has 192 valence electrons. The van der Waals surface area contributed by atoms with Crippen molar-refractivity contribution >= 4 is 50.1 Å². The molecule has 2 N–H and O–H groups in total. The Morgan fingerprint density at radius 1 is 1.19 bits per heavy atom. The van der Waals surface area contributed by atoms with Gasteiger partial charge in [-0.2, -0.15) is 0 Å². The van der Waals surface area contributed by atoms with Crippen LogP contribution >= 0.6 is 11.3 Å². The van der Waals surface area contributed by atoms with Gasteiger partial charge in [0, 0.05) is 27.5 Å².